The maximum Gasteiger partial charge on any atom is 0.152 e. The van der Waals surface area contributed by atoms with Gasteiger partial charge in [-0.15, -0.1) is 0 Å². The van der Waals surface area contributed by atoms with Gasteiger partial charge in [0.05, 0.1) is 18.1 Å². The molecule has 0 amide bonds. The fourth-order valence-electron chi connectivity index (χ4n) is 2.26. The van der Waals surface area contributed by atoms with Crippen molar-refractivity contribution < 1.29 is 13.2 Å². The van der Waals surface area contributed by atoms with Crippen molar-refractivity contribution in [2.45, 2.75) is 39.7 Å². The molecule has 0 fully saturated rings. The van der Waals surface area contributed by atoms with Crippen molar-refractivity contribution in [2.75, 3.05) is 24.7 Å². The van der Waals surface area contributed by atoms with Crippen molar-refractivity contribution in [3.05, 3.63) is 29.8 Å². The second kappa shape index (κ2) is 9.05. The maximum atomic E-state index is 12.2. The third kappa shape index (κ3) is 6.06. The van der Waals surface area contributed by atoms with Crippen molar-refractivity contribution in [2.24, 2.45) is 0 Å². The van der Waals surface area contributed by atoms with Gasteiger partial charge >= 0.3 is 0 Å². The van der Waals surface area contributed by atoms with Crippen LogP contribution < -0.4 is 10.1 Å². The standard InChI is InChI=1S/C16H27NO3S/c1-4-7-12-21(18,19)13-15(17-5-2)14-10-8-9-11-16(14)20-6-3/h8-11,15,17H,4-7,12-13H2,1-3H3. The Morgan fingerprint density at radius 2 is 1.90 bits per heavy atom. The maximum absolute atomic E-state index is 12.2. The molecular formula is C16H27NO3S. The van der Waals surface area contributed by atoms with Crippen LogP contribution in [0, 0.1) is 0 Å². The number of sulfone groups is 1. The van der Waals surface area contributed by atoms with Gasteiger partial charge in [0, 0.05) is 11.6 Å². The van der Waals surface area contributed by atoms with E-state index in [-0.39, 0.29) is 17.5 Å². The van der Waals surface area contributed by atoms with Crippen LogP contribution in [0.3, 0.4) is 0 Å². The van der Waals surface area contributed by atoms with Crippen LogP contribution in [0.15, 0.2) is 24.3 Å². The quantitative estimate of drug-likeness (QED) is 0.721. The van der Waals surface area contributed by atoms with E-state index in [2.05, 4.69) is 5.32 Å². The molecule has 0 aliphatic carbocycles. The van der Waals surface area contributed by atoms with E-state index in [4.69, 9.17) is 4.74 Å². The molecule has 0 aliphatic rings. The van der Waals surface area contributed by atoms with E-state index >= 15 is 0 Å². The summed E-state index contributed by atoms with van der Waals surface area (Å²) in [6.07, 6.45) is 1.61. The first kappa shape index (κ1) is 18.0. The van der Waals surface area contributed by atoms with E-state index in [1.165, 1.54) is 0 Å². The lowest BCUT2D eigenvalue weighted by Gasteiger charge is -2.21. The molecule has 0 heterocycles. The average molecular weight is 313 g/mol. The molecule has 120 valence electrons. The number of para-hydroxylation sites is 1. The smallest absolute Gasteiger partial charge is 0.152 e. The SMILES string of the molecule is CCCCS(=O)(=O)CC(NCC)c1ccccc1OCC. The molecule has 5 heteroatoms. The molecule has 1 atom stereocenters. The monoisotopic (exact) mass is 313 g/mol. The molecule has 0 radical (unpaired) electrons. The summed E-state index contributed by atoms with van der Waals surface area (Å²) >= 11 is 0. The molecule has 0 bridgehead atoms. The minimum Gasteiger partial charge on any atom is -0.494 e. The molecule has 0 aromatic heterocycles. The van der Waals surface area contributed by atoms with E-state index in [1.807, 2.05) is 45.0 Å². The van der Waals surface area contributed by atoms with Gasteiger partial charge in [-0.25, -0.2) is 8.42 Å². The lowest BCUT2D eigenvalue weighted by molar-refractivity contribution is 0.332. The summed E-state index contributed by atoms with van der Waals surface area (Å²) in [5.74, 6) is 1.13. The number of ether oxygens (including phenoxy) is 1. The Bertz CT molecular complexity index is 514. The van der Waals surface area contributed by atoms with E-state index < -0.39 is 9.84 Å². The predicted molar refractivity (Wildman–Crippen MR) is 87.6 cm³/mol. The minimum absolute atomic E-state index is 0.116. The Kier molecular flexibility index (Phi) is 7.75. The van der Waals surface area contributed by atoms with Gasteiger partial charge in [-0.1, -0.05) is 38.5 Å². The van der Waals surface area contributed by atoms with Crippen LogP contribution >= 0.6 is 0 Å². The number of rotatable bonds is 10. The van der Waals surface area contributed by atoms with Crippen LogP contribution in [-0.2, 0) is 9.84 Å². The van der Waals surface area contributed by atoms with Crippen molar-refractivity contribution in [3.63, 3.8) is 0 Å². The van der Waals surface area contributed by atoms with Crippen molar-refractivity contribution in [3.8, 4) is 5.75 Å². The summed E-state index contributed by atoms with van der Waals surface area (Å²) in [7, 11) is -3.06. The van der Waals surface area contributed by atoms with Gasteiger partial charge in [0.25, 0.3) is 0 Å². The van der Waals surface area contributed by atoms with Gasteiger partial charge < -0.3 is 10.1 Å². The Balaban J connectivity index is 2.96. The summed E-state index contributed by atoms with van der Waals surface area (Å²) in [4.78, 5) is 0. The topological polar surface area (TPSA) is 55.4 Å². The second-order valence-electron chi connectivity index (χ2n) is 5.05. The molecule has 0 saturated heterocycles. The normalized spacial score (nSPS) is 13.1. The van der Waals surface area contributed by atoms with Gasteiger partial charge in [-0.05, 0) is 26.0 Å². The highest BCUT2D eigenvalue weighted by molar-refractivity contribution is 7.91. The number of hydrogen-bond acceptors (Lipinski definition) is 4. The number of nitrogens with one attached hydrogen (secondary N) is 1. The third-order valence-electron chi connectivity index (χ3n) is 3.27. The van der Waals surface area contributed by atoms with Crippen molar-refractivity contribution in [1.82, 2.24) is 5.32 Å². The zero-order valence-electron chi connectivity index (χ0n) is 13.3. The summed E-state index contributed by atoms with van der Waals surface area (Å²) in [6.45, 7) is 7.19. The predicted octanol–water partition coefficient (Wildman–Crippen LogP) is 2.95. The second-order valence-corrected chi connectivity index (χ2v) is 7.28. The fourth-order valence-corrected chi connectivity index (χ4v) is 3.96. The Morgan fingerprint density at radius 3 is 2.52 bits per heavy atom. The number of hydrogen-bond donors (Lipinski definition) is 1. The highest BCUT2D eigenvalue weighted by Gasteiger charge is 2.22. The van der Waals surface area contributed by atoms with Crippen LogP contribution in [0.2, 0.25) is 0 Å². The molecule has 1 N–H and O–H groups in total. The molecule has 0 aliphatic heterocycles. The van der Waals surface area contributed by atoms with Crippen LogP contribution in [0.5, 0.6) is 5.75 Å². The van der Waals surface area contributed by atoms with Crippen LogP contribution in [0.1, 0.15) is 45.2 Å². The first-order valence-electron chi connectivity index (χ1n) is 7.69. The molecule has 4 nitrogen and oxygen atoms in total. The van der Waals surface area contributed by atoms with Gasteiger partial charge in [0.15, 0.2) is 9.84 Å². The first-order chi connectivity index (χ1) is 10.0. The molecule has 0 saturated carbocycles. The molecule has 1 aromatic rings. The first-order valence-corrected chi connectivity index (χ1v) is 9.51. The van der Waals surface area contributed by atoms with Gasteiger partial charge in [-0.2, -0.15) is 0 Å². The van der Waals surface area contributed by atoms with Gasteiger partial charge in [-0.3, -0.25) is 0 Å². The van der Waals surface area contributed by atoms with E-state index in [9.17, 15) is 8.42 Å². The summed E-state index contributed by atoms with van der Waals surface area (Å²) in [6, 6.07) is 7.43. The molecule has 1 aromatic carbocycles. The highest BCUT2D eigenvalue weighted by Crippen LogP contribution is 2.26. The lowest BCUT2D eigenvalue weighted by Crippen LogP contribution is -2.29. The zero-order chi connectivity index (χ0) is 15.7. The Hall–Kier alpha value is -1.07. The van der Waals surface area contributed by atoms with E-state index in [0.717, 1.165) is 17.7 Å². The number of benzene rings is 1. The van der Waals surface area contributed by atoms with E-state index in [0.29, 0.717) is 19.6 Å². The molecular weight excluding hydrogens is 286 g/mol. The van der Waals surface area contributed by atoms with Crippen LogP contribution in [-0.4, -0.2) is 33.1 Å². The summed E-state index contributed by atoms with van der Waals surface area (Å²) in [5, 5.41) is 3.27. The molecule has 0 spiro atoms. The minimum atomic E-state index is -3.06. The van der Waals surface area contributed by atoms with Crippen LogP contribution in [0.25, 0.3) is 0 Å². The zero-order valence-corrected chi connectivity index (χ0v) is 14.1. The molecule has 1 unspecified atom stereocenters. The van der Waals surface area contributed by atoms with Crippen molar-refractivity contribution >= 4 is 9.84 Å². The highest BCUT2D eigenvalue weighted by atomic mass is 32.2. The summed E-state index contributed by atoms with van der Waals surface area (Å²) < 4.78 is 30.1. The largest absolute Gasteiger partial charge is 0.494 e. The Morgan fingerprint density at radius 1 is 1.19 bits per heavy atom. The molecule has 21 heavy (non-hydrogen) atoms. The number of unbranched alkanes of at least 4 members (excludes halogenated alkanes) is 1. The van der Waals surface area contributed by atoms with Gasteiger partial charge in [0.2, 0.25) is 0 Å². The lowest BCUT2D eigenvalue weighted by atomic mass is 10.1. The average Bonchev–Trinajstić information content (AvgIpc) is 2.45. The summed E-state index contributed by atoms with van der Waals surface area (Å²) in [5.41, 5.74) is 0.918. The Labute approximate surface area is 128 Å². The van der Waals surface area contributed by atoms with E-state index in [1.54, 1.807) is 0 Å². The fraction of sp³-hybridized carbons (Fsp3) is 0.625. The molecule has 1 rings (SSSR count). The third-order valence-corrected chi connectivity index (χ3v) is 5.03. The van der Waals surface area contributed by atoms with Crippen LogP contribution in [0.4, 0.5) is 0 Å². The van der Waals surface area contributed by atoms with Crippen molar-refractivity contribution in [1.29, 1.82) is 0 Å². The van der Waals surface area contributed by atoms with Gasteiger partial charge in [0.1, 0.15) is 5.75 Å².